The van der Waals surface area contributed by atoms with Crippen LogP contribution in [0.1, 0.15) is 24.2 Å². The maximum atomic E-state index is 13.1. The first-order valence-corrected chi connectivity index (χ1v) is 6.68. The number of carbonyl (C=O) groups is 1. The van der Waals surface area contributed by atoms with E-state index in [0.29, 0.717) is 11.1 Å². The molecule has 2 atom stereocenters. The van der Waals surface area contributed by atoms with E-state index in [1.54, 1.807) is 24.3 Å². The lowest BCUT2D eigenvalue weighted by Gasteiger charge is -2.23. The van der Waals surface area contributed by atoms with E-state index in [2.05, 4.69) is 0 Å². The van der Waals surface area contributed by atoms with Crippen molar-refractivity contribution in [1.82, 2.24) is 5.06 Å². The molecule has 0 amide bonds. The van der Waals surface area contributed by atoms with Crippen molar-refractivity contribution in [2.24, 2.45) is 0 Å². The molecule has 2 aliphatic rings. The standard InChI is InChI=1S/C15H12F3NO4/c1-7-12(14(21)22)13(15(16,17)18)23-19(7)10-6-11(20)9-5-3-2-4-8(9)10/h2-6,11,13,20H,1H3,(H,21,22). The van der Waals surface area contributed by atoms with Crippen molar-refractivity contribution >= 4 is 11.7 Å². The minimum absolute atomic E-state index is 0.171. The third-order valence-corrected chi connectivity index (χ3v) is 3.79. The normalized spacial score (nSPS) is 24.0. The lowest BCUT2D eigenvalue weighted by molar-refractivity contribution is -0.245. The van der Waals surface area contributed by atoms with Crippen molar-refractivity contribution in [3.63, 3.8) is 0 Å². The molecule has 1 heterocycles. The summed E-state index contributed by atoms with van der Waals surface area (Å²) in [6, 6.07) is 6.61. The van der Waals surface area contributed by atoms with E-state index < -0.39 is 29.9 Å². The summed E-state index contributed by atoms with van der Waals surface area (Å²) >= 11 is 0. The van der Waals surface area contributed by atoms with Crippen molar-refractivity contribution < 1.29 is 33.0 Å². The minimum Gasteiger partial charge on any atom is -0.478 e. The third kappa shape index (κ3) is 2.40. The van der Waals surface area contributed by atoms with Gasteiger partial charge in [-0.2, -0.15) is 13.2 Å². The number of alkyl halides is 3. The van der Waals surface area contributed by atoms with Crippen LogP contribution in [0.15, 0.2) is 41.6 Å². The summed E-state index contributed by atoms with van der Waals surface area (Å²) in [6.45, 7) is 1.24. The Balaban J connectivity index is 2.06. The van der Waals surface area contributed by atoms with Crippen LogP contribution in [-0.4, -0.2) is 33.5 Å². The highest BCUT2D eigenvalue weighted by Crippen LogP contribution is 2.44. The molecule has 0 aromatic heterocycles. The molecule has 0 spiro atoms. The van der Waals surface area contributed by atoms with Crippen molar-refractivity contribution in [2.75, 3.05) is 0 Å². The molecule has 0 saturated carbocycles. The van der Waals surface area contributed by atoms with E-state index >= 15 is 0 Å². The Hall–Kier alpha value is -2.32. The number of carboxylic acid groups (broad SMARTS) is 1. The Morgan fingerprint density at radius 3 is 2.52 bits per heavy atom. The number of carboxylic acids is 1. The zero-order chi connectivity index (χ0) is 16.9. The first-order chi connectivity index (χ1) is 10.7. The first-order valence-electron chi connectivity index (χ1n) is 6.68. The SMILES string of the molecule is CC1=C(C(=O)O)C(C(F)(F)F)ON1C1=CC(O)c2ccccc21. The molecule has 0 bridgehead atoms. The van der Waals surface area contributed by atoms with E-state index in [1.165, 1.54) is 13.0 Å². The van der Waals surface area contributed by atoms with Gasteiger partial charge in [0, 0.05) is 5.56 Å². The van der Waals surface area contributed by atoms with Gasteiger partial charge in [-0.1, -0.05) is 24.3 Å². The highest BCUT2D eigenvalue weighted by atomic mass is 19.4. The smallest absolute Gasteiger partial charge is 0.421 e. The molecule has 1 aromatic carbocycles. The molecule has 0 radical (unpaired) electrons. The van der Waals surface area contributed by atoms with Gasteiger partial charge in [0.25, 0.3) is 0 Å². The highest BCUT2D eigenvalue weighted by Gasteiger charge is 2.53. The molecule has 1 aromatic rings. The van der Waals surface area contributed by atoms with Crippen LogP contribution in [0.25, 0.3) is 5.70 Å². The van der Waals surface area contributed by atoms with Gasteiger partial charge in [-0.15, -0.1) is 0 Å². The summed E-state index contributed by atoms with van der Waals surface area (Å²) in [6.07, 6.45) is -7.07. The highest BCUT2D eigenvalue weighted by molar-refractivity contribution is 5.90. The third-order valence-electron chi connectivity index (χ3n) is 3.79. The van der Waals surface area contributed by atoms with Crippen LogP contribution >= 0.6 is 0 Å². The molecule has 1 aliphatic carbocycles. The molecule has 8 heteroatoms. The van der Waals surface area contributed by atoms with Crippen LogP contribution in [0.3, 0.4) is 0 Å². The van der Waals surface area contributed by atoms with Crippen LogP contribution in [0.4, 0.5) is 13.2 Å². The molecule has 122 valence electrons. The van der Waals surface area contributed by atoms with Crippen LogP contribution in [0.5, 0.6) is 0 Å². The number of hydrogen-bond donors (Lipinski definition) is 2. The second kappa shape index (κ2) is 5.10. The summed E-state index contributed by atoms with van der Waals surface area (Å²) in [5.74, 6) is -1.69. The van der Waals surface area contributed by atoms with Gasteiger partial charge < -0.3 is 10.2 Å². The fraction of sp³-hybridized carbons (Fsp3) is 0.267. The number of hydroxylamine groups is 2. The predicted molar refractivity (Wildman–Crippen MR) is 72.5 cm³/mol. The number of hydrogen-bond acceptors (Lipinski definition) is 4. The number of aliphatic carboxylic acids is 1. The lowest BCUT2D eigenvalue weighted by atomic mass is 10.1. The number of aliphatic hydroxyl groups excluding tert-OH is 1. The summed E-state index contributed by atoms with van der Waals surface area (Å²) < 4.78 is 39.2. The molecular weight excluding hydrogens is 315 g/mol. The molecule has 23 heavy (non-hydrogen) atoms. The van der Waals surface area contributed by atoms with Crippen LogP contribution in [0, 0.1) is 0 Å². The first kappa shape index (κ1) is 15.6. The van der Waals surface area contributed by atoms with Gasteiger partial charge in [0.15, 0.2) is 0 Å². The number of fused-ring (bicyclic) bond motifs is 1. The van der Waals surface area contributed by atoms with Crippen LogP contribution in [-0.2, 0) is 9.63 Å². The summed E-state index contributed by atoms with van der Waals surface area (Å²) in [7, 11) is 0. The minimum atomic E-state index is -4.86. The van der Waals surface area contributed by atoms with Gasteiger partial charge in [0.05, 0.1) is 17.0 Å². The van der Waals surface area contributed by atoms with Gasteiger partial charge in [0.2, 0.25) is 6.10 Å². The van der Waals surface area contributed by atoms with Gasteiger partial charge >= 0.3 is 12.1 Å². The maximum Gasteiger partial charge on any atom is 0.421 e. The Morgan fingerprint density at radius 1 is 1.30 bits per heavy atom. The average Bonchev–Trinajstić information content (AvgIpc) is 2.97. The van der Waals surface area contributed by atoms with Crippen molar-refractivity contribution in [3.8, 4) is 0 Å². The Kier molecular flexibility index (Phi) is 3.46. The summed E-state index contributed by atoms with van der Waals surface area (Å²) in [4.78, 5) is 16.1. The molecule has 2 unspecified atom stereocenters. The fourth-order valence-electron chi connectivity index (χ4n) is 2.76. The lowest BCUT2D eigenvalue weighted by Crippen LogP contribution is -2.34. The van der Waals surface area contributed by atoms with E-state index in [0.717, 1.165) is 5.06 Å². The van der Waals surface area contributed by atoms with Crippen molar-refractivity contribution in [3.05, 3.63) is 52.7 Å². The molecule has 0 saturated heterocycles. The zero-order valence-corrected chi connectivity index (χ0v) is 11.8. The topological polar surface area (TPSA) is 70.0 Å². The monoisotopic (exact) mass is 327 g/mol. The molecule has 3 rings (SSSR count). The fourth-order valence-corrected chi connectivity index (χ4v) is 2.76. The van der Waals surface area contributed by atoms with Crippen LogP contribution < -0.4 is 0 Å². The zero-order valence-electron chi connectivity index (χ0n) is 11.8. The Morgan fingerprint density at radius 2 is 1.96 bits per heavy atom. The molecule has 2 N–H and O–H groups in total. The van der Waals surface area contributed by atoms with Crippen LogP contribution in [0.2, 0.25) is 0 Å². The quantitative estimate of drug-likeness (QED) is 0.874. The van der Waals surface area contributed by atoms with Gasteiger partial charge in [-0.3, -0.25) is 4.84 Å². The van der Waals surface area contributed by atoms with Gasteiger partial charge in [-0.25, -0.2) is 9.86 Å². The molecular formula is C15H12F3NO4. The largest absolute Gasteiger partial charge is 0.478 e. The number of aliphatic hydroxyl groups is 1. The second-order valence-corrected chi connectivity index (χ2v) is 5.21. The van der Waals surface area contributed by atoms with E-state index in [-0.39, 0.29) is 11.4 Å². The molecule has 5 nitrogen and oxygen atoms in total. The number of halogens is 3. The molecule has 1 aliphatic heterocycles. The number of nitrogens with zero attached hydrogens (tertiary/aromatic N) is 1. The number of benzene rings is 1. The van der Waals surface area contributed by atoms with E-state index in [1.807, 2.05) is 0 Å². The van der Waals surface area contributed by atoms with Gasteiger partial charge in [-0.05, 0) is 18.6 Å². The van der Waals surface area contributed by atoms with Gasteiger partial charge in [0.1, 0.15) is 6.10 Å². The van der Waals surface area contributed by atoms with E-state index in [9.17, 15) is 23.1 Å². The summed E-state index contributed by atoms with van der Waals surface area (Å²) in [5.41, 5.74) is 0.168. The second-order valence-electron chi connectivity index (χ2n) is 5.21. The predicted octanol–water partition coefficient (Wildman–Crippen LogP) is 2.61. The van der Waals surface area contributed by atoms with Crippen molar-refractivity contribution in [2.45, 2.75) is 25.3 Å². The maximum absolute atomic E-state index is 13.1. The summed E-state index contributed by atoms with van der Waals surface area (Å²) in [5, 5.41) is 19.9. The molecule has 0 fully saturated rings. The Bertz CT molecular complexity index is 738. The van der Waals surface area contributed by atoms with Crippen molar-refractivity contribution in [1.29, 1.82) is 0 Å². The number of allylic oxidation sites excluding steroid dienone is 1. The Labute approximate surface area is 128 Å². The average molecular weight is 327 g/mol. The number of rotatable bonds is 2. The van der Waals surface area contributed by atoms with E-state index in [4.69, 9.17) is 9.94 Å².